The van der Waals surface area contributed by atoms with Gasteiger partial charge in [-0.2, -0.15) is 5.26 Å². The summed E-state index contributed by atoms with van der Waals surface area (Å²) in [5, 5.41) is 15.6. The molecule has 0 saturated carbocycles. The predicted octanol–water partition coefficient (Wildman–Crippen LogP) is 1.15. The molecule has 1 saturated heterocycles. The second-order valence-corrected chi connectivity index (χ2v) is 4.81. The molecular weight excluding hydrogens is 214 g/mol. The molecule has 0 amide bonds. The molecule has 1 aliphatic rings. The molecule has 0 bridgehead atoms. The van der Waals surface area contributed by atoms with Gasteiger partial charge in [-0.15, -0.1) is 0 Å². The van der Waals surface area contributed by atoms with Gasteiger partial charge in [0.15, 0.2) is 11.5 Å². The molecule has 0 radical (unpaired) electrons. The minimum atomic E-state index is 0.225. The number of hydrogen-bond acceptors (Lipinski definition) is 5. The van der Waals surface area contributed by atoms with E-state index in [4.69, 9.17) is 5.26 Å². The van der Waals surface area contributed by atoms with Crippen molar-refractivity contribution in [3.05, 3.63) is 18.1 Å². The fraction of sp³-hybridized carbons (Fsp3) is 0.583. The van der Waals surface area contributed by atoms with Gasteiger partial charge in [0.1, 0.15) is 6.07 Å². The number of nitriles is 1. The van der Waals surface area contributed by atoms with Crippen LogP contribution in [0.15, 0.2) is 12.4 Å². The van der Waals surface area contributed by atoms with E-state index in [9.17, 15) is 0 Å². The molecule has 17 heavy (non-hydrogen) atoms. The molecule has 1 aromatic rings. The SMILES string of the molecule is CC1(CNc2nccnc2C#N)CCCNC1. The lowest BCUT2D eigenvalue weighted by atomic mass is 9.83. The number of piperidine rings is 1. The Bertz CT molecular complexity index is 417. The van der Waals surface area contributed by atoms with E-state index in [-0.39, 0.29) is 5.41 Å². The van der Waals surface area contributed by atoms with E-state index in [0.29, 0.717) is 11.5 Å². The first kappa shape index (κ1) is 11.8. The Labute approximate surface area is 101 Å². The monoisotopic (exact) mass is 231 g/mol. The number of hydrogen-bond donors (Lipinski definition) is 2. The van der Waals surface area contributed by atoms with Gasteiger partial charge in [-0.3, -0.25) is 0 Å². The summed E-state index contributed by atoms with van der Waals surface area (Å²) in [6.07, 6.45) is 5.52. The number of anilines is 1. The van der Waals surface area contributed by atoms with Crippen LogP contribution in [-0.4, -0.2) is 29.6 Å². The molecule has 2 heterocycles. The van der Waals surface area contributed by atoms with Crippen LogP contribution in [0, 0.1) is 16.7 Å². The maximum Gasteiger partial charge on any atom is 0.182 e. The van der Waals surface area contributed by atoms with Crippen LogP contribution in [0.2, 0.25) is 0 Å². The highest BCUT2D eigenvalue weighted by atomic mass is 15.0. The van der Waals surface area contributed by atoms with E-state index in [1.54, 1.807) is 6.20 Å². The normalized spacial score (nSPS) is 24.0. The van der Waals surface area contributed by atoms with Crippen LogP contribution in [0.25, 0.3) is 0 Å². The Hall–Kier alpha value is -1.67. The number of nitrogens with one attached hydrogen (secondary N) is 2. The van der Waals surface area contributed by atoms with Gasteiger partial charge in [0.05, 0.1) is 0 Å². The molecule has 2 N–H and O–H groups in total. The highest BCUT2D eigenvalue weighted by Crippen LogP contribution is 2.25. The van der Waals surface area contributed by atoms with Crippen molar-refractivity contribution in [2.24, 2.45) is 5.41 Å². The largest absolute Gasteiger partial charge is 0.367 e. The maximum absolute atomic E-state index is 8.91. The van der Waals surface area contributed by atoms with Crippen molar-refractivity contribution in [2.45, 2.75) is 19.8 Å². The molecule has 0 aliphatic carbocycles. The quantitative estimate of drug-likeness (QED) is 0.816. The summed E-state index contributed by atoms with van der Waals surface area (Å²) in [7, 11) is 0. The third kappa shape index (κ3) is 2.92. The summed E-state index contributed by atoms with van der Waals surface area (Å²) < 4.78 is 0. The smallest absolute Gasteiger partial charge is 0.182 e. The molecule has 2 rings (SSSR count). The van der Waals surface area contributed by atoms with Crippen molar-refractivity contribution in [1.29, 1.82) is 5.26 Å². The Morgan fingerprint density at radius 2 is 2.35 bits per heavy atom. The van der Waals surface area contributed by atoms with E-state index in [0.717, 1.165) is 19.6 Å². The Kier molecular flexibility index (Phi) is 3.55. The average molecular weight is 231 g/mol. The highest BCUT2D eigenvalue weighted by molar-refractivity contribution is 5.46. The van der Waals surface area contributed by atoms with Crippen LogP contribution in [0.1, 0.15) is 25.5 Å². The molecule has 1 unspecified atom stereocenters. The lowest BCUT2D eigenvalue weighted by Crippen LogP contribution is -2.42. The van der Waals surface area contributed by atoms with E-state index in [1.165, 1.54) is 19.0 Å². The third-order valence-corrected chi connectivity index (χ3v) is 3.17. The first-order chi connectivity index (χ1) is 8.23. The molecule has 0 spiro atoms. The first-order valence-corrected chi connectivity index (χ1v) is 5.89. The predicted molar refractivity (Wildman–Crippen MR) is 65.4 cm³/mol. The van der Waals surface area contributed by atoms with Crippen molar-refractivity contribution >= 4 is 5.82 Å². The summed E-state index contributed by atoms with van der Waals surface area (Å²) in [5.74, 6) is 0.585. The standard InChI is InChI=1S/C12H17N5/c1-12(3-2-4-14-8-12)9-17-11-10(7-13)15-5-6-16-11/h5-6,14H,2-4,8-9H2,1H3,(H,16,17). The lowest BCUT2D eigenvalue weighted by molar-refractivity contribution is 0.253. The van der Waals surface area contributed by atoms with Gasteiger partial charge in [-0.25, -0.2) is 9.97 Å². The summed E-state index contributed by atoms with van der Waals surface area (Å²) in [6.45, 7) is 5.16. The second kappa shape index (κ2) is 5.11. The maximum atomic E-state index is 8.91. The molecule has 1 atom stereocenters. The topological polar surface area (TPSA) is 73.6 Å². The summed E-state index contributed by atoms with van der Waals surface area (Å²) >= 11 is 0. The summed E-state index contributed by atoms with van der Waals surface area (Å²) in [5.41, 5.74) is 0.586. The molecule has 1 aliphatic heterocycles. The summed E-state index contributed by atoms with van der Waals surface area (Å²) in [6, 6.07) is 2.04. The van der Waals surface area contributed by atoms with Crippen LogP contribution in [0.5, 0.6) is 0 Å². The van der Waals surface area contributed by atoms with Gasteiger partial charge < -0.3 is 10.6 Å². The number of aromatic nitrogens is 2. The van der Waals surface area contributed by atoms with E-state index >= 15 is 0 Å². The zero-order valence-electron chi connectivity index (χ0n) is 10.0. The number of nitrogens with zero attached hydrogens (tertiary/aromatic N) is 3. The molecule has 0 aromatic carbocycles. The van der Waals surface area contributed by atoms with Gasteiger partial charge in [-0.05, 0) is 24.8 Å². The van der Waals surface area contributed by atoms with Crippen LogP contribution in [0.4, 0.5) is 5.82 Å². The minimum Gasteiger partial charge on any atom is -0.367 e. The Balaban J connectivity index is 2.00. The first-order valence-electron chi connectivity index (χ1n) is 5.89. The molecule has 5 nitrogen and oxygen atoms in total. The van der Waals surface area contributed by atoms with Gasteiger partial charge in [0.2, 0.25) is 0 Å². The fourth-order valence-electron chi connectivity index (χ4n) is 2.12. The number of rotatable bonds is 3. The van der Waals surface area contributed by atoms with Crippen LogP contribution in [0.3, 0.4) is 0 Å². The van der Waals surface area contributed by atoms with Crippen molar-refractivity contribution in [3.63, 3.8) is 0 Å². The van der Waals surface area contributed by atoms with E-state index in [2.05, 4.69) is 27.5 Å². The van der Waals surface area contributed by atoms with Crippen molar-refractivity contribution in [3.8, 4) is 6.07 Å². The van der Waals surface area contributed by atoms with E-state index in [1.807, 2.05) is 6.07 Å². The summed E-state index contributed by atoms with van der Waals surface area (Å²) in [4.78, 5) is 8.13. The van der Waals surface area contributed by atoms with Gasteiger partial charge >= 0.3 is 0 Å². The van der Waals surface area contributed by atoms with Crippen molar-refractivity contribution < 1.29 is 0 Å². The highest BCUT2D eigenvalue weighted by Gasteiger charge is 2.26. The van der Waals surface area contributed by atoms with Crippen LogP contribution >= 0.6 is 0 Å². The third-order valence-electron chi connectivity index (χ3n) is 3.17. The Morgan fingerprint density at radius 3 is 3.06 bits per heavy atom. The lowest BCUT2D eigenvalue weighted by Gasteiger charge is -2.34. The van der Waals surface area contributed by atoms with Gasteiger partial charge in [0.25, 0.3) is 0 Å². The fourth-order valence-corrected chi connectivity index (χ4v) is 2.12. The molecular formula is C12H17N5. The van der Waals surface area contributed by atoms with Crippen LogP contribution in [-0.2, 0) is 0 Å². The van der Waals surface area contributed by atoms with Crippen molar-refractivity contribution in [1.82, 2.24) is 15.3 Å². The molecule has 1 aromatic heterocycles. The molecule has 1 fully saturated rings. The van der Waals surface area contributed by atoms with Crippen molar-refractivity contribution in [2.75, 3.05) is 25.0 Å². The van der Waals surface area contributed by atoms with E-state index < -0.39 is 0 Å². The average Bonchev–Trinajstić information content (AvgIpc) is 2.38. The van der Waals surface area contributed by atoms with Gasteiger partial charge in [-0.1, -0.05) is 6.92 Å². The van der Waals surface area contributed by atoms with Crippen LogP contribution < -0.4 is 10.6 Å². The zero-order chi connectivity index (χ0) is 12.1. The molecule has 5 heteroatoms. The zero-order valence-corrected chi connectivity index (χ0v) is 10.0. The Morgan fingerprint density at radius 1 is 1.53 bits per heavy atom. The minimum absolute atomic E-state index is 0.225. The second-order valence-electron chi connectivity index (χ2n) is 4.81. The van der Waals surface area contributed by atoms with Gasteiger partial charge in [0, 0.05) is 25.5 Å². The molecule has 90 valence electrons.